The van der Waals surface area contributed by atoms with Crippen LogP contribution in [0.1, 0.15) is 21.5 Å². The predicted molar refractivity (Wildman–Crippen MR) is 83.5 cm³/mol. The Morgan fingerprint density at radius 2 is 2.00 bits per heavy atom. The van der Waals surface area contributed by atoms with E-state index in [9.17, 15) is 14.0 Å². The number of halogens is 2. The molecule has 1 N–H and O–H groups in total. The van der Waals surface area contributed by atoms with E-state index in [1.54, 1.807) is 25.1 Å². The summed E-state index contributed by atoms with van der Waals surface area (Å²) in [7, 11) is 0. The fourth-order valence-electron chi connectivity index (χ4n) is 2.42. The van der Waals surface area contributed by atoms with Crippen molar-refractivity contribution in [2.75, 3.05) is 5.32 Å². The number of hydrogen-bond acceptors (Lipinski definition) is 2. The molecule has 0 aromatic heterocycles. The van der Waals surface area contributed by atoms with Gasteiger partial charge in [0, 0.05) is 21.8 Å². The van der Waals surface area contributed by atoms with E-state index >= 15 is 0 Å². The van der Waals surface area contributed by atoms with Crippen LogP contribution in [0.5, 0.6) is 0 Å². The molecule has 0 unspecified atom stereocenters. The number of benzene rings is 2. The van der Waals surface area contributed by atoms with Crippen LogP contribution in [0.4, 0.5) is 10.1 Å². The van der Waals surface area contributed by atoms with Gasteiger partial charge in [-0.15, -0.1) is 0 Å². The van der Waals surface area contributed by atoms with Gasteiger partial charge in [0.15, 0.2) is 5.78 Å². The van der Waals surface area contributed by atoms with Crippen LogP contribution in [-0.4, -0.2) is 11.7 Å². The molecular weight excluding hydrogens is 305 g/mol. The number of nitrogens with one attached hydrogen (secondary N) is 1. The Morgan fingerprint density at radius 1 is 1.23 bits per heavy atom. The normalized spacial score (nSPS) is 14.9. The fraction of sp³-hybridized carbons (Fsp3) is 0.0588. The number of carbonyl (C=O) groups excluding carboxylic acids is 2. The van der Waals surface area contributed by atoms with Crippen LogP contribution in [0.3, 0.4) is 0 Å². The summed E-state index contributed by atoms with van der Waals surface area (Å²) in [6.45, 7) is 1.65. The molecule has 0 saturated carbocycles. The molecule has 110 valence electrons. The molecule has 22 heavy (non-hydrogen) atoms. The van der Waals surface area contributed by atoms with Crippen molar-refractivity contribution < 1.29 is 14.0 Å². The van der Waals surface area contributed by atoms with Crippen LogP contribution in [0.2, 0.25) is 5.02 Å². The average Bonchev–Trinajstić information content (AvgIpc) is 2.75. The number of allylic oxidation sites excluding steroid dienone is 1. The highest BCUT2D eigenvalue weighted by atomic mass is 35.5. The third-order valence-corrected chi connectivity index (χ3v) is 3.73. The van der Waals surface area contributed by atoms with Crippen molar-refractivity contribution in [2.24, 2.45) is 0 Å². The Kier molecular flexibility index (Phi) is 3.54. The molecule has 0 saturated heterocycles. The number of fused-ring (bicyclic) bond motifs is 1. The Hall–Kier alpha value is -2.46. The van der Waals surface area contributed by atoms with Gasteiger partial charge in [0.2, 0.25) is 0 Å². The number of aryl methyl sites for hydroxylation is 1. The zero-order valence-corrected chi connectivity index (χ0v) is 12.4. The van der Waals surface area contributed by atoms with E-state index < -0.39 is 5.82 Å². The lowest BCUT2D eigenvalue weighted by Crippen LogP contribution is -2.06. The molecule has 1 amide bonds. The number of rotatable bonds is 2. The van der Waals surface area contributed by atoms with Crippen LogP contribution >= 0.6 is 11.6 Å². The SMILES string of the molecule is Cc1cc(F)ccc1C(=O)C=C1C(=O)Nc2ccc(Cl)cc21. The molecule has 5 heteroatoms. The molecule has 0 spiro atoms. The van der Waals surface area contributed by atoms with E-state index in [1.165, 1.54) is 24.3 Å². The van der Waals surface area contributed by atoms with Gasteiger partial charge in [0.05, 0.1) is 5.57 Å². The van der Waals surface area contributed by atoms with E-state index in [2.05, 4.69) is 5.32 Å². The highest BCUT2D eigenvalue weighted by Gasteiger charge is 2.25. The van der Waals surface area contributed by atoms with Gasteiger partial charge in [-0.3, -0.25) is 9.59 Å². The summed E-state index contributed by atoms with van der Waals surface area (Å²) in [6.07, 6.45) is 1.26. The largest absolute Gasteiger partial charge is 0.321 e. The highest BCUT2D eigenvalue weighted by molar-refractivity contribution is 6.36. The molecule has 0 aliphatic carbocycles. The van der Waals surface area contributed by atoms with Gasteiger partial charge in [-0.05, 0) is 55.0 Å². The number of amides is 1. The minimum absolute atomic E-state index is 0.256. The van der Waals surface area contributed by atoms with Crippen molar-refractivity contribution in [2.45, 2.75) is 6.92 Å². The van der Waals surface area contributed by atoms with Gasteiger partial charge in [-0.25, -0.2) is 4.39 Å². The lowest BCUT2D eigenvalue weighted by molar-refractivity contribution is -0.110. The second kappa shape index (κ2) is 5.39. The van der Waals surface area contributed by atoms with E-state index in [4.69, 9.17) is 11.6 Å². The zero-order chi connectivity index (χ0) is 15.9. The van der Waals surface area contributed by atoms with Crippen LogP contribution in [0.25, 0.3) is 5.57 Å². The van der Waals surface area contributed by atoms with E-state index in [1.807, 2.05) is 0 Å². The van der Waals surface area contributed by atoms with Crippen LogP contribution in [0, 0.1) is 12.7 Å². The number of carbonyl (C=O) groups is 2. The lowest BCUT2D eigenvalue weighted by Gasteiger charge is -2.03. The molecule has 2 aromatic carbocycles. The summed E-state index contributed by atoms with van der Waals surface area (Å²) in [6, 6.07) is 8.89. The minimum atomic E-state index is -0.405. The van der Waals surface area contributed by atoms with Crippen molar-refractivity contribution >= 4 is 34.6 Å². The molecule has 0 radical (unpaired) electrons. The smallest absolute Gasteiger partial charge is 0.256 e. The molecule has 2 aromatic rings. The maximum Gasteiger partial charge on any atom is 0.256 e. The molecule has 0 fully saturated rings. The Morgan fingerprint density at radius 3 is 2.73 bits per heavy atom. The maximum absolute atomic E-state index is 13.1. The Balaban J connectivity index is 2.04. The number of ketones is 1. The Labute approximate surface area is 131 Å². The van der Waals surface area contributed by atoms with E-state index in [0.29, 0.717) is 27.4 Å². The third kappa shape index (κ3) is 2.53. The standard InChI is InChI=1S/C17H11ClFNO2/c1-9-6-11(19)3-4-12(9)16(21)8-14-13-7-10(18)2-5-15(13)20-17(14)22/h2-8H,1H3,(H,20,22). The van der Waals surface area contributed by atoms with Crippen LogP contribution in [-0.2, 0) is 4.79 Å². The first-order chi connectivity index (χ1) is 10.5. The van der Waals surface area contributed by atoms with Gasteiger partial charge in [0.1, 0.15) is 5.82 Å². The third-order valence-electron chi connectivity index (χ3n) is 3.49. The molecule has 0 atom stereocenters. The summed E-state index contributed by atoms with van der Waals surface area (Å²) < 4.78 is 13.1. The van der Waals surface area contributed by atoms with Gasteiger partial charge in [-0.1, -0.05) is 11.6 Å². The van der Waals surface area contributed by atoms with Crippen molar-refractivity contribution in [1.29, 1.82) is 0 Å². The number of hydrogen-bond donors (Lipinski definition) is 1. The molecule has 1 aliphatic rings. The molecule has 1 heterocycles. The lowest BCUT2D eigenvalue weighted by atomic mass is 10.00. The van der Waals surface area contributed by atoms with Gasteiger partial charge < -0.3 is 5.32 Å². The summed E-state index contributed by atoms with van der Waals surface area (Å²) in [5.41, 5.74) is 2.34. The topological polar surface area (TPSA) is 46.2 Å². The average molecular weight is 316 g/mol. The first-order valence-electron chi connectivity index (χ1n) is 6.59. The predicted octanol–water partition coefficient (Wildman–Crippen LogP) is 4.01. The molecule has 3 rings (SSSR count). The number of anilines is 1. The fourth-order valence-corrected chi connectivity index (χ4v) is 2.59. The van der Waals surface area contributed by atoms with Gasteiger partial charge in [0.25, 0.3) is 5.91 Å². The summed E-state index contributed by atoms with van der Waals surface area (Å²) in [5, 5.41) is 3.16. The quantitative estimate of drug-likeness (QED) is 0.672. The van der Waals surface area contributed by atoms with E-state index in [-0.39, 0.29) is 17.3 Å². The molecule has 1 aliphatic heterocycles. The van der Waals surface area contributed by atoms with Crippen LogP contribution in [0.15, 0.2) is 42.5 Å². The summed E-state index contributed by atoms with van der Waals surface area (Å²) >= 11 is 5.94. The first-order valence-corrected chi connectivity index (χ1v) is 6.97. The Bertz CT molecular complexity index is 843. The van der Waals surface area contributed by atoms with E-state index in [0.717, 1.165) is 0 Å². The molecule has 3 nitrogen and oxygen atoms in total. The summed E-state index contributed by atoms with van der Waals surface area (Å²) in [5.74, 6) is -1.11. The van der Waals surface area contributed by atoms with Gasteiger partial charge >= 0.3 is 0 Å². The van der Waals surface area contributed by atoms with Crippen molar-refractivity contribution in [3.8, 4) is 0 Å². The minimum Gasteiger partial charge on any atom is -0.321 e. The van der Waals surface area contributed by atoms with Gasteiger partial charge in [-0.2, -0.15) is 0 Å². The first kappa shape index (κ1) is 14.5. The zero-order valence-electron chi connectivity index (χ0n) is 11.6. The molecule has 0 bridgehead atoms. The molecular formula is C17H11ClFNO2. The van der Waals surface area contributed by atoms with Crippen LogP contribution < -0.4 is 5.32 Å². The highest BCUT2D eigenvalue weighted by Crippen LogP contribution is 2.34. The maximum atomic E-state index is 13.1. The summed E-state index contributed by atoms with van der Waals surface area (Å²) in [4.78, 5) is 24.4. The monoisotopic (exact) mass is 315 g/mol. The second-order valence-corrected chi connectivity index (χ2v) is 5.46. The van der Waals surface area contributed by atoms with Crippen molar-refractivity contribution in [3.05, 3.63) is 70.0 Å². The second-order valence-electron chi connectivity index (χ2n) is 5.03. The van der Waals surface area contributed by atoms with Crippen molar-refractivity contribution in [1.82, 2.24) is 0 Å². The van der Waals surface area contributed by atoms with Crippen molar-refractivity contribution in [3.63, 3.8) is 0 Å².